The molecule has 7 nitrogen and oxygen atoms in total. The Morgan fingerprint density at radius 3 is 2.38 bits per heavy atom. The highest BCUT2D eigenvalue weighted by molar-refractivity contribution is 9.10. The third-order valence-electron chi connectivity index (χ3n) is 5.43. The molecule has 2 aromatic carbocycles. The lowest BCUT2D eigenvalue weighted by atomic mass is 10.1. The van der Waals surface area contributed by atoms with Crippen LogP contribution >= 0.6 is 15.9 Å². The van der Waals surface area contributed by atoms with Gasteiger partial charge in [-0.25, -0.2) is 8.42 Å². The second kappa shape index (κ2) is 12.9. The SMILES string of the molecule is CCCCNC(=O)C(CC)N(Cc1cccc(C)c1)C(=O)CN(c1cccc(Br)c1)S(C)(=O)=O. The number of hydrogen-bond donors (Lipinski definition) is 1. The summed E-state index contributed by atoms with van der Waals surface area (Å²) < 4.78 is 27.0. The number of sulfonamides is 1. The van der Waals surface area contributed by atoms with Crippen LogP contribution < -0.4 is 9.62 Å². The molecule has 9 heteroatoms. The van der Waals surface area contributed by atoms with E-state index in [1.165, 1.54) is 4.90 Å². The lowest BCUT2D eigenvalue weighted by molar-refractivity contribution is -0.140. The van der Waals surface area contributed by atoms with Gasteiger partial charge in [0.15, 0.2) is 0 Å². The van der Waals surface area contributed by atoms with Gasteiger partial charge in [0.2, 0.25) is 21.8 Å². The Morgan fingerprint density at radius 1 is 1.09 bits per heavy atom. The summed E-state index contributed by atoms with van der Waals surface area (Å²) in [6.45, 7) is 6.19. The number of carbonyl (C=O) groups is 2. The summed E-state index contributed by atoms with van der Waals surface area (Å²) >= 11 is 3.36. The van der Waals surface area contributed by atoms with E-state index in [2.05, 4.69) is 21.2 Å². The van der Waals surface area contributed by atoms with Crippen LogP contribution in [-0.4, -0.2) is 50.5 Å². The number of carbonyl (C=O) groups excluding carboxylic acids is 2. The Kier molecular flexibility index (Phi) is 10.6. The van der Waals surface area contributed by atoms with Crippen LogP contribution in [0.25, 0.3) is 0 Å². The molecule has 0 aliphatic rings. The predicted molar refractivity (Wildman–Crippen MR) is 140 cm³/mol. The highest BCUT2D eigenvalue weighted by Crippen LogP contribution is 2.23. The molecule has 2 aromatic rings. The molecule has 0 saturated carbocycles. The molecule has 0 fully saturated rings. The van der Waals surface area contributed by atoms with Crippen LogP contribution in [0.15, 0.2) is 53.0 Å². The Morgan fingerprint density at radius 2 is 1.79 bits per heavy atom. The number of hydrogen-bond acceptors (Lipinski definition) is 4. The van der Waals surface area contributed by atoms with Gasteiger partial charge >= 0.3 is 0 Å². The summed E-state index contributed by atoms with van der Waals surface area (Å²) in [5.74, 6) is -0.672. The van der Waals surface area contributed by atoms with Gasteiger partial charge in [-0.3, -0.25) is 13.9 Å². The van der Waals surface area contributed by atoms with Crippen molar-refractivity contribution in [2.45, 2.75) is 52.6 Å². The zero-order valence-electron chi connectivity index (χ0n) is 20.3. The zero-order chi connectivity index (χ0) is 25.3. The quantitative estimate of drug-likeness (QED) is 0.399. The van der Waals surface area contributed by atoms with Crippen LogP contribution in [0, 0.1) is 6.92 Å². The second-order valence-electron chi connectivity index (χ2n) is 8.33. The van der Waals surface area contributed by atoms with Crippen LogP contribution in [0.1, 0.15) is 44.2 Å². The number of amides is 2. The van der Waals surface area contributed by atoms with Gasteiger partial charge < -0.3 is 10.2 Å². The Hall–Kier alpha value is -2.39. The van der Waals surface area contributed by atoms with E-state index in [0.29, 0.717) is 23.1 Å². The van der Waals surface area contributed by atoms with Crippen molar-refractivity contribution in [1.82, 2.24) is 10.2 Å². The number of anilines is 1. The molecule has 0 bridgehead atoms. The summed E-state index contributed by atoms with van der Waals surface area (Å²) in [6, 6.07) is 13.8. The molecule has 186 valence electrons. The number of rotatable bonds is 12. The van der Waals surface area contributed by atoms with Gasteiger partial charge in [0.05, 0.1) is 11.9 Å². The molecule has 0 aromatic heterocycles. The van der Waals surface area contributed by atoms with Crippen molar-refractivity contribution in [2.24, 2.45) is 0 Å². The number of benzene rings is 2. The zero-order valence-corrected chi connectivity index (χ0v) is 22.7. The molecule has 0 saturated heterocycles. The predicted octanol–water partition coefficient (Wildman–Crippen LogP) is 4.25. The van der Waals surface area contributed by atoms with E-state index in [4.69, 9.17) is 0 Å². The van der Waals surface area contributed by atoms with E-state index in [1.807, 2.05) is 45.0 Å². The number of halogens is 1. The monoisotopic (exact) mass is 551 g/mol. The first-order valence-electron chi connectivity index (χ1n) is 11.4. The largest absolute Gasteiger partial charge is 0.354 e. The maximum absolute atomic E-state index is 13.6. The van der Waals surface area contributed by atoms with Crippen LogP contribution in [0.2, 0.25) is 0 Å². The number of nitrogens with zero attached hydrogens (tertiary/aromatic N) is 2. The van der Waals surface area contributed by atoms with Gasteiger partial charge in [-0.15, -0.1) is 0 Å². The molecular formula is C25H34BrN3O4S. The van der Waals surface area contributed by atoms with Gasteiger partial charge in [-0.1, -0.05) is 72.1 Å². The Balaban J connectivity index is 2.40. The van der Waals surface area contributed by atoms with E-state index in [1.54, 1.807) is 24.3 Å². The van der Waals surface area contributed by atoms with Gasteiger partial charge in [0.1, 0.15) is 12.6 Å². The van der Waals surface area contributed by atoms with Crippen LogP contribution in [0.4, 0.5) is 5.69 Å². The van der Waals surface area contributed by atoms with Crippen molar-refractivity contribution >= 4 is 43.5 Å². The van der Waals surface area contributed by atoms with Crippen LogP contribution in [0.5, 0.6) is 0 Å². The Labute approximate surface area is 211 Å². The normalized spacial score (nSPS) is 12.1. The summed E-state index contributed by atoms with van der Waals surface area (Å²) in [5.41, 5.74) is 2.29. The van der Waals surface area contributed by atoms with Crippen molar-refractivity contribution < 1.29 is 18.0 Å². The van der Waals surface area contributed by atoms with Gasteiger partial charge in [0, 0.05) is 17.6 Å². The standard InChI is InChI=1S/C25H34BrN3O4S/c1-5-7-14-27-25(31)23(6-2)28(17-20-11-8-10-19(3)15-20)24(30)18-29(34(4,32)33)22-13-9-12-21(26)16-22/h8-13,15-16,23H,5-7,14,17-18H2,1-4H3,(H,27,31). The molecular weight excluding hydrogens is 518 g/mol. The number of nitrogens with one attached hydrogen (secondary N) is 1. The molecule has 1 unspecified atom stereocenters. The molecule has 0 aliphatic carbocycles. The van der Waals surface area contributed by atoms with Crippen molar-refractivity contribution in [2.75, 3.05) is 23.7 Å². The van der Waals surface area contributed by atoms with E-state index in [9.17, 15) is 18.0 Å². The molecule has 0 heterocycles. The molecule has 1 atom stereocenters. The fraction of sp³-hybridized carbons (Fsp3) is 0.440. The minimum Gasteiger partial charge on any atom is -0.354 e. The third-order valence-corrected chi connectivity index (χ3v) is 7.06. The Bertz CT molecular complexity index is 1090. The first kappa shape index (κ1) is 27.9. The van der Waals surface area contributed by atoms with E-state index < -0.39 is 28.5 Å². The third kappa shape index (κ3) is 8.13. The molecule has 0 spiro atoms. The average molecular weight is 553 g/mol. The fourth-order valence-corrected chi connectivity index (χ4v) is 4.91. The maximum atomic E-state index is 13.6. The fourth-order valence-electron chi connectivity index (χ4n) is 3.68. The lowest BCUT2D eigenvalue weighted by Crippen LogP contribution is -2.52. The van der Waals surface area contributed by atoms with Crippen molar-refractivity contribution in [1.29, 1.82) is 0 Å². The topological polar surface area (TPSA) is 86.8 Å². The molecule has 2 amide bonds. The molecule has 34 heavy (non-hydrogen) atoms. The highest BCUT2D eigenvalue weighted by atomic mass is 79.9. The van der Waals surface area contributed by atoms with Crippen molar-refractivity contribution in [3.05, 3.63) is 64.1 Å². The summed E-state index contributed by atoms with van der Waals surface area (Å²) in [5, 5.41) is 2.92. The first-order valence-corrected chi connectivity index (χ1v) is 14.1. The first-order chi connectivity index (χ1) is 16.1. The van der Waals surface area contributed by atoms with Gasteiger partial charge in [0.25, 0.3) is 0 Å². The van der Waals surface area contributed by atoms with Gasteiger partial charge in [-0.05, 0) is 43.5 Å². The molecule has 2 rings (SSSR count). The lowest BCUT2D eigenvalue weighted by Gasteiger charge is -2.33. The van der Waals surface area contributed by atoms with E-state index >= 15 is 0 Å². The molecule has 0 radical (unpaired) electrons. The summed E-state index contributed by atoms with van der Waals surface area (Å²) in [7, 11) is -3.75. The molecule has 1 N–H and O–H groups in total. The average Bonchev–Trinajstić information content (AvgIpc) is 2.76. The molecule has 0 aliphatic heterocycles. The van der Waals surface area contributed by atoms with Gasteiger partial charge in [-0.2, -0.15) is 0 Å². The number of aryl methyl sites for hydroxylation is 1. The van der Waals surface area contributed by atoms with Crippen LogP contribution in [-0.2, 0) is 26.2 Å². The minimum atomic E-state index is -3.75. The summed E-state index contributed by atoms with van der Waals surface area (Å²) in [6.07, 6.45) is 3.27. The minimum absolute atomic E-state index is 0.205. The maximum Gasteiger partial charge on any atom is 0.244 e. The van der Waals surface area contributed by atoms with E-state index in [0.717, 1.165) is 34.5 Å². The van der Waals surface area contributed by atoms with E-state index in [-0.39, 0.29) is 12.5 Å². The van der Waals surface area contributed by atoms with Crippen molar-refractivity contribution in [3.8, 4) is 0 Å². The summed E-state index contributed by atoms with van der Waals surface area (Å²) in [4.78, 5) is 28.1. The number of unbranched alkanes of at least 4 members (excludes halogenated alkanes) is 1. The second-order valence-corrected chi connectivity index (χ2v) is 11.2. The highest BCUT2D eigenvalue weighted by Gasteiger charge is 2.31. The smallest absolute Gasteiger partial charge is 0.244 e. The van der Waals surface area contributed by atoms with Crippen LogP contribution in [0.3, 0.4) is 0 Å². The van der Waals surface area contributed by atoms with Crippen molar-refractivity contribution in [3.63, 3.8) is 0 Å².